The van der Waals surface area contributed by atoms with E-state index in [1.54, 1.807) is 0 Å². The average Bonchev–Trinajstić information content (AvgIpc) is 2.38. The summed E-state index contributed by atoms with van der Waals surface area (Å²) >= 11 is 0. The van der Waals surface area contributed by atoms with Crippen LogP contribution in [0.5, 0.6) is 0 Å². The third kappa shape index (κ3) is 3.09. The molecule has 0 aromatic heterocycles. The molecule has 6 heteroatoms. The van der Waals surface area contributed by atoms with E-state index in [2.05, 4.69) is 0 Å². The molecule has 0 aliphatic carbocycles. The number of halogens is 5. The van der Waals surface area contributed by atoms with Gasteiger partial charge in [-0.3, -0.25) is 4.79 Å². The van der Waals surface area contributed by atoms with E-state index in [1.807, 2.05) is 0 Å². The van der Waals surface area contributed by atoms with Crippen molar-refractivity contribution >= 4 is 5.78 Å². The summed E-state index contributed by atoms with van der Waals surface area (Å²) in [7, 11) is 0. The summed E-state index contributed by atoms with van der Waals surface area (Å²) in [6.07, 6.45) is -4.62. The highest BCUT2D eigenvalue weighted by Crippen LogP contribution is 2.34. The zero-order valence-corrected chi connectivity index (χ0v) is 10.8. The van der Waals surface area contributed by atoms with Gasteiger partial charge in [-0.05, 0) is 42.8 Å². The number of alkyl halides is 3. The molecule has 0 heterocycles. The molecule has 2 rings (SSSR count). The Balaban J connectivity index is 2.61. The fraction of sp³-hybridized carbons (Fsp3) is 0.133. The highest BCUT2D eigenvalue weighted by Gasteiger charge is 2.31. The van der Waals surface area contributed by atoms with Crippen LogP contribution in [0, 0.1) is 11.6 Å². The minimum absolute atomic E-state index is 0.00481. The van der Waals surface area contributed by atoms with Crippen molar-refractivity contribution in [3.63, 3.8) is 0 Å². The lowest BCUT2D eigenvalue weighted by Crippen LogP contribution is -2.05. The van der Waals surface area contributed by atoms with Crippen molar-refractivity contribution in [1.29, 1.82) is 0 Å². The number of carbonyl (C=O) groups is 1. The van der Waals surface area contributed by atoms with Crippen molar-refractivity contribution in [1.82, 2.24) is 0 Å². The summed E-state index contributed by atoms with van der Waals surface area (Å²) in [5.74, 6) is -2.29. The zero-order valence-electron chi connectivity index (χ0n) is 10.8. The van der Waals surface area contributed by atoms with Gasteiger partial charge in [0.15, 0.2) is 5.78 Å². The van der Waals surface area contributed by atoms with Gasteiger partial charge in [0.1, 0.15) is 11.6 Å². The van der Waals surface area contributed by atoms with E-state index in [1.165, 1.54) is 0 Å². The van der Waals surface area contributed by atoms with E-state index in [-0.39, 0.29) is 16.7 Å². The van der Waals surface area contributed by atoms with Gasteiger partial charge in [0.05, 0.1) is 11.1 Å². The summed E-state index contributed by atoms with van der Waals surface area (Å²) in [6.45, 7) is 1.12. The normalized spacial score (nSPS) is 11.5. The van der Waals surface area contributed by atoms with Crippen molar-refractivity contribution in [2.45, 2.75) is 13.1 Å². The molecule has 0 saturated heterocycles. The Bertz CT molecular complexity index is 704. The van der Waals surface area contributed by atoms with E-state index in [0.717, 1.165) is 25.1 Å². The number of ketones is 1. The molecule has 0 spiro atoms. The lowest BCUT2D eigenvalue weighted by atomic mass is 9.99. The Morgan fingerprint density at radius 2 is 1.57 bits per heavy atom. The van der Waals surface area contributed by atoms with Crippen molar-refractivity contribution in [2.75, 3.05) is 0 Å². The second-order valence-corrected chi connectivity index (χ2v) is 4.44. The first-order valence-electron chi connectivity index (χ1n) is 5.88. The van der Waals surface area contributed by atoms with Crippen LogP contribution >= 0.6 is 0 Å². The monoisotopic (exact) mass is 300 g/mol. The molecule has 0 bridgehead atoms. The Hall–Kier alpha value is -2.24. The first-order valence-corrected chi connectivity index (χ1v) is 5.88. The van der Waals surface area contributed by atoms with Crippen LogP contribution in [0.4, 0.5) is 22.0 Å². The second-order valence-electron chi connectivity index (χ2n) is 4.44. The fourth-order valence-electron chi connectivity index (χ4n) is 1.89. The highest BCUT2D eigenvalue weighted by molar-refractivity contribution is 5.95. The number of Topliss-reactive ketones (excluding diaryl/α,β-unsaturated/α-hetero) is 1. The summed E-state index contributed by atoms with van der Waals surface area (Å²) < 4.78 is 65.1. The van der Waals surface area contributed by atoms with Crippen LogP contribution in [-0.2, 0) is 6.18 Å². The topological polar surface area (TPSA) is 17.1 Å². The van der Waals surface area contributed by atoms with Gasteiger partial charge in [-0.15, -0.1) is 0 Å². The summed E-state index contributed by atoms with van der Waals surface area (Å²) in [4.78, 5) is 11.2. The third-order valence-corrected chi connectivity index (χ3v) is 2.95. The number of carbonyl (C=O) groups excluding carboxylic acids is 1. The largest absolute Gasteiger partial charge is 0.416 e. The van der Waals surface area contributed by atoms with Crippen LogP contribution < -0.4 is 0 Å². The Labute approximate surface area is 117 Å². The van der Waals surface area contributed by atoms with Crippen molar-refractivity contribution < 1.29 is 26.7 Å². The molecule has 21 heavy (non-hydrogen) atoms. The molecule has 0 aliphatic heterocycles. The van der Waals surface area contributed by atoms with Gasteiger partial charge in [-0.1, -0.05) is 6.07 Å². The molecule has 2 aromatic rings. The van der Waals surface area contributed by atoms with Crippen molar-refractivity contribution in [3.8, 4) is 11.1 Å². The SMILES string of the molecule is CC(=O)c1cc(-c2cc(C(F)(F)F)ccc2F)ccc1F. The summed E-state index contributed by atoms with van der Waals surface area (Å²) in [5.41, 5.74) is -1.66. The molecular weight excluding hydrogens is 291 g/mol. The molecule has 2 aromatic carbocycles. The quantitative estimate of drug-likeness (QED) is 0.572. The first-order chi connectivity index (χ1) is 9.70. The number of hydrogen-bond acceptors (Lipinski definition) is 1. The van der Waals surface area contributed by atoms with Crippen molar-refractivity contribution in [2.24, 2.45) is 0 Å². The fourth-order valence-corrected chi connectivity index (χ4v) is 1.89. The standard InChI is InChI=1S/C15H9F5O/c1-8(21)11-6-9(2-4-13(11)16)12-7-10(15(18,19)20)3-5-14(12)17/h2-7H,1H3. The Kier molecular flexibility index (Phi) is 3.80. The Morgan fingerprint density at radius 3 is 2.14 bits per heavy atom. The third-order valence-electron chi connectivity index (χ3n) is 2.95. The Morgan fingerprint density at radius 1 is 0.952 bits per heavy atom. The molecule has 0 aliphatic rings. The van der Waals surface area contributed by atoms with Gasteiger partial charge in [0.25, 0.3) is 0 Å². The van der Waals surface area contributed by atoms with Crippen LogP contribution in [0.2, 0.25) is 0 Å². The predicted octanol–water partition coefficient (Wildman–Crippen LogP) is 4.85. The van der Waals surface area contributed by atoms with Gasteiger partial charge < -0.3 is 0 Å². The summed E-state index contributed by atoms with van der Waals surface area (Å²) in [5, 5.41) is 0. The molecule has 0 N–H and O–H groups in total. The lowest BCUT2D eigenvalue weighted by Gasteiger charge is -2.11. The molecule has 1 nitrogen and oxygen atoms in total. The van der Waals surface area contributed by atoms with Crippen LogP contribution in [0.15, 0.2) is 36.4 Å². The second kappa shape index (κ2) is 5.27. The maximum atomic E-state index is 13.7. The van der Waals surface area contributed by atoms with Crippen LogP contribution in [0.1, 0.15) is 22.8 Å². The first kappa shape index (κ1) is 15.2. The highest BCUT2D eigenvalue weighted by atomic mass is 19.4. The summed E-state index contributed by atoms with van der Waals surface area (Å²) in [6, 6.07) is 5.03. The molecule has 0 fully saturated rings. The minimum atomic E-state index is -4.62. The van der Waals surface area contributed by atoms with E-state index in [4.69, 9.17) is 0 Å². The van der Waals surface area contributed by atoms with E-state index >= 15 is 0 Å². The maximum Gasteiger partial charge on any atom is 0.416 e. The smallest absolute Gasteiger partial charge is 0.294 e. The maximum absolute atomic E-state index is 13.7. The van der Waals surface area contributed by atoms with Gasteiger partial charge in [0, 0.05) is 5.56 Å². The molecule has 0 unspecified atom stereocenters. The number of rotatable bonds is 2. The van der Waals surface area contributed by atoms with Gasteiger partial charge >= 0.3 is 6.18 Å². The molecule has 0 radical (unpaired) electrons. The molecular formula is C15H9F5O. The molecule has 0 saturated carbocycles. The predicted molar refractivity (Wildman–Crippen MR) is 66.8 cm³/mol. The average molecular weight is 300 g/mol. The van der Waals surface area contributed by atoms with E-state index in [0.29, 0.717) is 18.2 Å². The van der Waals surface area contributed by atoms with Crippen LogP contribution in [0.3, 0.4) is 0 Å². The van der Waals surface area contributed by atoms with E-state index in [9.17, 15) is 26.7 Å². The lowest BCUT2D eigenvalue weighted by molar-refractivity contribution is -0.137. The van der Waals surface area contributed by atoms with Crippen LogP contribution in [0.25, 0.3) is 11.1 Å². The van der Waals surface area contributed by atoms with Gasteiger partial charge in [-0.2, -0.15) is 13.2 Å². The van der Waals surface area contributed by atoms with Crippen LogP contribution in [-0.4, -0.2) is 5.78 Å². The van der Waals surface area contributed by atoms with Crippen molar-refractivity contribution in [3.05, 3.63) is 59.2 Å². The molecule has 110 valence electrons. The zero-order chi connectivity index (χ0) is 15.8. The van der Waals surface area contributed by atoms with Gasteiger partial charge in [-0.25, -0.2) is 8.78 Å². The van der Waals surface area contributed by atoms with Gasteiger partial charge in [0.2, 0.25) is 0 Å². The minimum Gasteiger partial charge on any atom is -0.294 e. The molecule has 0 atom stereocenters. The van der Waals surface area contributed by atoms with E-state index < -0.39 is 29.2 Å². The number of benzene rings is 2. The number of hydrogen-bond donors (Lipinski definition) is 0. The molecule has 0 amide bonds.